The number of nitrogens with zero attached hydrogens (tertiary/aromatic N) is 3. The number of likely N-dealkylation sites (tertiary alicyclic amines) is 1. The monoisotopic (exact) mass is 682 g/mol. The number of piperazine rings is 1. The first-order valence-corrected chi connectivity index (χ1v) is 17.7. The largest absolute Gasteiger partial charge is 0.451 e. The SMILES string of the molecule is CS(=O)(=O)c1ccc(CN2CCN(C(=O)c3ccc4oc(C(=O)NC5CCN(Cc6ccc(C(F)(F)F)cc6)CC5)cc4c3)CC2)cc1. The van der Waals surface area contributed by atoms with E-state index in [1.54, 1.807) is 36.4 Å². The van der Waals surface area contributed by atoms with Gasteiger partial charge in [0.1, 0.15) is 5.58 Å². The van der Waals surface area contributed by atoms with Gasteiger partial charge < -0.3 is 14.6 Å². The second-order valence-electron chi connectivity index (χ2n) is 12.6. The van der Waals surface area contributed by atoms with Crippen LogP contribution in [0.25, 0.3) is 11.0 Å². The lowest BCUT2D eigenvalue weighted by molar-refractivity contribution is -0.137. The molecule has 0 bridgehead atoms. The number of alkyl halides is 3. The lowest BCUT2D eigenvalue weighted by atomic mass is 10.0. The predicted molar refractivity (Wildman–Crippen MR) is 174 cm³/mol. The van der Waals surface area contributed by atoms with E-state index in [-0.39, 0.29) is 23.6 Å². The predicted octanol–water partition coefficient (Wildman–Crippen LogP) is 5.21. The minimum atomic E-state index is -4.35. The molecule has 0 unspecified atom stereocenters. The topological polar surface area (TPSA) is 103 Å². The molecule has 254 valence electrons. The van der Waals surface area contributed by atoms with Gasteiger partial charge in [0.15, 0.2) is 15.6 Å². The lowest BCUT2D eigenvalue weighted by Gasteiger charge is -2.34. The van der Waals surface area contributed by atoms with E-state index in [0.29, 0.717) is 86.6 Å². The first-order valence-electron chi connectivity index (χ1n) is 15.9. The number of sulfone groups is 1. The molecule has 6 rings (SSSR count). The van der Waals surface area contributed by atoms with Crippen molar-refractivity contribution in [2.75, 3.05) is 45.5 Å². The van der Waals surface area contributed by atoms with Gasteiger partial charge in [-0.05, 0) is 72.5 Å². The summed E-state index contributed by atoms with van der Waals surface area (Å²) in [5.41, 5.74) is 2.18. The maximum Gasteiger partial charge on any atom is 0.416 e. The van der Waals surface area contributed by atoms with Gasteiger partial charge in [0.05, 0.1) is 10.5 Å². The first-order chi connectivity index (χ1) is 22.8. The van der Waals surface area contributed by atoms with Crippen LogP contribution >= 0.6 is 0 Å². The maximum absolute atomic E-state index is 13.3. The van der Waals surface area contributed by atoms with Crippen molar-refractivity contribution in [1.82, 2.24) is 20.0 Å². The third-order valence-corrected chi connectivity index (χ3v) is 10.1. The molecule has 0 saturated carbocycles. The van der Waals surface area contributed by atoms with Crippen LogP contribution in [0, 0.1) is 0 Å². The molecule has 0 spiro atoms. The third kappa shape index (κ3) is 8.08. The number of rotatable bonds is 8. The van der Waals surface area contributed by atoms with Crippen LogP contribution in [0.5, 0.6) is 0 Å². The summed E-state index contributed by atoms with van der Waals surface area (Å²) in [6, 6.07) is 18.8. The van der Waals surface area contributed by atoms with Gasteiger partial charge in [-0.15, -0.1) is 0 Å². The summed E-state index contributed by atoms with van der Waals surface area (Å²) < 4.78 is 67.8. The van der Waals surface area contributed by atoms with Gasteiger partial charge in [0.2, 0.25) is 0 Å². The van der Waals surface area contributed by atoms with E-state index in [0.717, 1.165) is 23.3 Å². The molecule has 2 aliphatic heterocycles. The fraction of sp³-hybridized carbons (Fsp3) is 0.371. The van der Waals surface area contributed by atoms with E-state index in [9.17, 15) is 31.2 Å². The average Bonchev–Trinajstić information content (AvgIpc) is 3.49. The van der Waals surface area contributed by atoms with Crippen molar-refractivity contribution < 1.29 is 35.6 Å². The van der Waals surface area contributed by atoms with E-state index in [2.05, 4.69) is 15.1 Å². The highest BCUT2D eigenvalue weighted by Gasteiger charge is 2.30. The Kier molecular flexibility index (Phi) is 9.64. The Morgan fingerprint density at radius 2 is 1.40 bits per heavy atom. The zero-order valence-electron chi connectivity index (χ0n) is 26.5. The highest BCUT2D eigenvalue weighted by molar-refractivity contribution is 7.90. The summed E-state index contributed by atoms with van der Waals surface area (Å²) in [6.07, 6.45) is -1.76. The molecule has 3 heterocycles. The number of benzene rings is 3. The smallest absolute Gasteiger partial charge is 0.416 e. The van der Waals surface area contributed by atoms with Crippen molar-refractivity contribution >= 4 is 32.6 Å². The molecule has 9 nitrogen and oxygen atoms in total. The Hall–Kier alpha value is -4.20. The molecule has 0 atom stereocenters. The summed E-state index contributed by atoms with van der Waals surface area (Å²) in [5.74, 6) is -0.258. The number of furan rings is 1. The van der Waals surface area contributed by atoms with E-state index in [1.165, 1.54) is 18.4 Å². The molecule has 13 heteroatoms. The molecule has 0 aliphatic carbocycles. The van der Waals surface area contributed by atoms with Crippen LogP contribution < -0.4 is 5.32 Å². The molecule has 0 radical (unpaired) electrons. The molecule has 2 saturated heterocycles. The van der Waals surface area contributed by atoms with Crippen LogP contribution in [-0.4, -0.2) is 86.5 Å². The van der Waals surface area contributed by atoms with E-state index >= 15 is 0 Å². The Labute approximate surface area is 277 Å². The number of amides is 2. The minimum absolute atomic E-state index is 0.0581. The summed E-state index contributed by atoms with van der Waals surface area (Å²) >= 11 is 0. The van der Waals surface area contributed by atoms with Gasteiger partial charge in [-0.25, -0.2) is 8.42 Å². The van der Waals surface area contributed by atoms with Crippen molar-refractivity contribution in [3.8, 4) is 0 Å². The number of halogens is 3. The van der Waals surface area contributed by atoms with Crippen LogP contribution in [0.4, 0.5) is 13.2 Å². The molecule has 2 aliphatic rings. The Morgan fingerprint density at radius 3 is 1.98 bits per heavy atom. The fourth-order valence-electron chi connectivity index (χ4n) is 6.23. The maximum atomic E-state index is 13.3. The number of hydrogen-bond donors (Lipinski definition) is 1. The molecule has 48 heavy (non-hydrogen) atoms. The Morgan fingerprint density at radius 1 is 0.812 bits per heavy atom. The number of carbonyl (C=O) groups is 2. The lowest BCUT2D eigenvalue weighted by Crippen LogP contribution is -2.48. The Bertz CT molecular complexity index is 1880. The molecule has 1 aromatic heterocycles. The zero-order valence-corrected chi connectivity index (χ0v) is 27.3. The van der Waals surface area contributed by atoms with Gasteiger partial charge in [-0.3, -0.25) is 19.4 Å². The number of fused-ring (bicyclic) bond motifs is 1. The van der Waals surface area contributed by atoms with Crippen LogP contribution in [0.2, 0.25) is 0 Å². The molecular formula is C35H37F3N4O5S. The normalized spacial score (nSPS) is 17.1. The second-order valence-corrected chi connectivity index (χ2v) is 14.6. The third-order valence-electron chi connectivity index (χ3n) is 9.01. The van der Waals surface area contributed by atoms with Crippen molar-refractivity contribution in [3.05, 3.63) is 101 Å². The quantitative estimate of drug-likeness (QED) is 0.272. The average molecular weight is 683 g/mol. The standard InChI is InChI=1S/C35H37F3N4O5S/c1-48(45,46)30-9-4-25(5-10-30)23-41-16-18-42(19-17-41)34(44)26-6-11-31-27(20-26)21-32(47-31)33(43)39-29-12-14-40(15-13-29)22-24-2-7-28(8-3-24)35(36,37)38/h2-11,20-21,29H,12-19,22-23H2,1H3,(H,39,43). The van der Waals surface area contributed by atoms with E-state index in [1.807, 2.05) is 17.0 Å². The van der Waals surface area contributed by atoms with Gasteiger partial charge in [-0.1, -0.05) is 24.3 Å². The number of hydrogen-bond acceptors (Lipinski definition) is 7. The summed E-state index contributed by atoms with van der Waals surface area (Å²) in [7, 11) is -3.24. The molecule has 1 N–H and O–H groups in total. The van der Waals surface area contributed by atoms with Crippen LogP contribution in [0.3, 0.4) is 0 Å². The van der Waals surface area contributed by atoms with E-state index < -0.39 is 21.6 Å². The zero-order chi connectivity index (χ0) is 34.1. The highest BCUT2D eigenvalue weighted by atomic mass is 32.2. The van der Waals surface area contributed by atoms with Crippen molar-refractivity contribution in [2.45, 2.75) is 43.0 Å². The summed E-state index contributed by atoms with van der Waals surface area (Å²) in [5, 5.41) is 3.69. The molecular weight excluding hydrogens is 645 g/mol. The van der Waals surface area contributed by atoms with Gasteiger partial charge >= 0.3 is 6.18 Å². The number of piperidine rings is 1. The molecule has 4 aromatic rings. The first kappa shape index (κ1) is 33.7. The van der Waals surface area contributed by atoms with Crippen molar-refractivity contribution in [3.63, 3.8) is 0 Å². The van der Waals surface area contributed by atoms with Crippen LogP contribution in [0.15, 0.2) is 82.1 Å². The number of carbonyl (C=O) groups excluding carboxylic acids is 2. The van der Waals surface area contributed by atoms with Crippen LogP contribution in [0.1, 0.15) is 50.4 Å². The molecule has 2 fully saturated rings. The van der Waals surface area contributed by atoms with Crippen molar-refractivity contribution in [1.29, 1.82) is 0 Å². The Balaban J connectivity index is 0.979. The fourth-order valence-corrected chi connectivity index (χ4v) is 6.86. The van der Waals surface area contributed by atoms with Crippen LogP contribution in [-0.2, 0) is 29.1 Å². The minimum Gasteiger partial charge on any atom is -0.451 e. The molecule has 3 aromatic carbocycles. The number of nitrogens with one attached hydrogen (secondary N) is 1. The van der Waals surface area contributed by atoms with Gasteiger partial charge in [0.25, 0.3) is 11.8 Å². The van der Waals surface area contributed by atoms with Crippen molar-refractivity contribution in [2.24, 2.45) is 0 Å². The summed E-state index contributed by atoms with van der Waals surface area (Å²) in [6.45, 7) is 5.09. The summed E-state index contributed by atoms with van der Waals surface area (Å²) in [4.78, 5) is 32.9. The van der Waals surface area contributed by atoms with E-state index in [4.69, 9.17) is 4.42 Å². The molecule has 2 amide bonds. The van der Waals surface area contributed by atoms with Gasteiger partial charge in [0, 0.05) is 75.6 Å². The second kappa shape index (κ2) is 13.7. The highest BCUT2D eigenvalue weighted by Crippen LogP contribution is 2.29. The van der Waals surface area contributed by atoms with Gasteiger partial charge in [-0.2, -0.15) is 13.2 Å².